The first-order chi connectivity index (χ1) is 6.77. The van der Waals surface area contributed by atoms with Gasteiger partial charge in [0.2, 0.25) is 5.91 Å². The van der Waals surface area contributed by atoms with Gasteiger partial charge in [-0.05, 0) is 31.9 Å². The quantitative estimate of drug-likeness (QED) is 0.787. The first-order valence-electron chi connectivity index (χ1n) is 4.98. The van der Waals surface area contributed by atoms with Crippen molar-refractivity contribution in [3.8, 4) is 0 Å². The number of nitrogens with zero attached hydrogens (tertiary/aromatic N) is 1. The van der Waals surface area contributed by atoms with Crippen molar-refractivity contribution in [1.82, 2.24) is 10.3 Å². The van der Waals surface area contributed by atoms with Gasteiger partial charge in [0.25, 0.3) is 0 Å². The smallest absolute Gasteiger partial charge is 0.223 e. The molecule has 2 rings (SSSR count). The lowest BCUT2D eigenvalue weighted by Gasteiger charge is -2.12. The highest BCUT2D eigenvalue weighted by Crippen LogP contribution is 2.29. The van der Waals surface area contributed by atoms with Gasteiger partial charge < -0.3 is 5.32 Å². The monoisotopic (exact) mass is 190 g/mol. The normalized spacial score (nSPS) is 17.5. The van der Waals surface area contributed by atoms with Crippen LogP contribution in [0.25, 0.3) is 0 Å². The van der Waals surface area contributed by atoms with Gasteiger partial charge in [-0.15, -0.1) is 0 Å². The van der Waals surface area contributed by atoms with E-state index in [-0.39, 0.29) is 17.9 Å². The third-order valence-electron chi connectivity index (χ3n) is 2.44. The largest absolute Gasteiger partial charge is 0.348 e. The first-order valence-corrected chi connectivity index (χ1v) is 4.98. The molecule has 14 heavy (non-hydrogen) atoms. The van der Waals surface area contributed by atoms with E-state index >= 15 is 0 Å². The summed E-state index contributed by atoms with van der Waals surface area (Å²) in [6.07, 6.45) is 3.83. The van der Waals surface area contributed by atoms with Crippen LogP contribution >= 0.6 is 0 Å². The Balaban J connectivity index is 1.95. The van der Waals surface area contributed by atoms with Gasteiger partial charge in [-0.2, -0.15) is 0 Å². The highest BCUT2D eigenvalue weighted by atomic mass is 16.2. The molecule has 3 nitrogen and oxygen atoms in total. The Kier molecular flexibility index (Phi) is 2.48. The summed E-state index contributed by atoms with van der Waals surface area (Å²) in [6, 6.07) is 5.75. The number of aromatic nitrogens is 1. The van der Waals surface area contributed by atoms with Crippen LogP contribution in [0.2, 0.25) is 0 Å². The van der Waals surface area contributed by atoms with Crippen molar-refractivity contribution in [2.45, 2.75) is 25.8 Å². The fourth-order valence-electron chi connectivity index (χ4n) is 1.38. The predicted octanol–water partition coefficient (Wildman–Crippen LogP) is 1.67. The molecule has 1 N–H and O–H groups in total. The zero-order valence-electron chi connectivity index (χ0n) is 8.23. The summed E-state index contributed by atoms with van der Waals surface area (Å²) >= 11 is 0. The number of hydrogen-bond acceptors (Lipinski definition) is 2. The molecule has 0 spiro atoms. The molecule has 0 saturated heterocycles. The Hall–Kier alpha value is -1.38. The van der Waals surface area contributed by atoms with Crippen LogP contribution in [-0.2, 0) is 4.79 Å². The summed E-state index contributed by atoms with van der Waals surface area (Å²) in [5, 5.41) is 2.96. The van der Waals surface area contributed by atoms with E-state index in [4.69, 9.17) is 0 Å². The second-order valence-corrected chi connectivity index (χ2v) is 3.76. The molecule has 1 saturated carbocycles. The van der Waals surface area contributed by atoms with Crippen LogP contribution in [0.1, 0.15) is 31.5 Å². The average molecular weight is 190 g/mol. The fourth-order valence-corrected chi connectivity index (χ4v) is 1.38. The van der Waals surface area contributed by atoms with Crippen molar-refractivity contribution in [3.63, 3.8) is 0 Å². The van der Waals surface area contributed by atoms with Gasteiger partial charge in [-0.1, -0.05) is 6.07 Å². The van der Waals surface area contributed by atoms with Gasteiger partial charge in [0.15, 0.2) is 0 Å². The lowest BCUT2D eigenvalue weighted by molar-refractivity contribution is -0.122. The van der Waals surface area contributed by atoms with E-state index in [2.05, 4.69) is 10.3 Å². The molecule has 1 fully saturated rings. The average Bonchev–Trinajstić information content (AvgIpc) is 3.02. The number of pyridine rings is 1. The van der Waals surface area contributed by atoms with Crippen molar-refractivity contribution >= 4 is 5.91 Å². The zero-order valence-corrected chi connectivity index (χ0v) is 8.23. The minimum Gasteiger partial charge on any atom is -0.348 e. The maximum atomic E-state index is 11.5. The van der Waals surface area contributed by atoms with Crippen LogP contribution in [0.5, 0.6) is 0 Å². The summed E-state index contributed by atoms with van der Waals surface area (Å²) in [6.45, 7) is 1.96. The standard InChI is InChI=1S/C11H14N2O/c1-8(10-4-2-3-7-12-10)13-11(14)9-5-6-9/h2-4,7-9H,5-6H2,1H3,(H,13,14)/t8-/m0/s1. The lowest BCUT2D eigenvalue weighted by Crippen LogP contribution is -2.28. The van der Waals surface area contributed by atoms with E-state index in [9.17, 15) is 4.79 Å². The van der Waals surface area contributed by atoms with Crippen molar-refractivity contribution in [2.24, 2.45) is 5.92 Å². The Bertz CT molecular complexity index is 319. The fraction of sp³-hybridized carbons (Fsp3) is 0.455. The van der Waals surface area contributed by atoms with Crippen LogP contribution in [0.3, 0.4) is 0 Å². The second kappa shape index (κ2) is 3.78. The van der Waals surface area contributed by atoms with Crippen LogP contribution < -0.4 is 5.32 Å². The third-order valence-corrected chi connectivity index (χ3v) is 2.44. The van der Waals surface area contributed by atoms with Crippen molar-refractivity contribution < 1.29 is 4.79 Å². The van der Waals surface area contributed by atoms with Gasteiger partial charge in [-0.3, -0.25) is 9.78 Å². The number of rotatable bonds is 3. The third kappa shape index (κ3) is 2.10. The number of amides is 1. The molecule has 1 amide bonds. The van der Waals surface area contributed by atoms with Crippen LogP contribution in [0.15, 0.2) is 24.4 Å². The molecule has 3 heteroatoms. The molecule has 1 atom stereocenters. The molecule has 74 valence electrons. The molecule has 0 aliphatic heterocycles. The summed E-state index contributed by atoms with van der Waals surface area (Å²) in [4.78, 5) is 15.6. The van der Waals surface area contributed by atoms with E-state index in [0.717, 1.165) is 18.5 Å². The van der Waals surface area contributed by atoms with Crippen LogP contribution in [0, 0.1) is 5.92 Å². The molecular formula is C11H14N2O. The molecule has 0 bridgehead atoms. The first kappa shape index (κ1) is 9.19. The van der Waals surface area contributed by atoms with E-state index in [1.54, 1.807) is 6.20 Å². The van der Waals surface area contributed by atoms with Crippen molar-refractivity contribution in [3.05, 3.63) is 30.1 Å². The van der Waals surface area contributed by atoms with Gasteiger partial charge in [0, 0.05) is 12.1 Å². The van der Waals surface area contributed by atoms with E-state index in [1.807, 2.05) is 25.1 Å². The molecule has 1 aliphatic rings. The number of carbonyl (C=O) groups excluding carboxylic acids is 1. The summed E-state index contributed by atoms with van der Waals surface area (Å²) in [5.41, 5.74) is 0.918. The molecule has 1 aromatic heterocycles. The topological polar surface area (TPSA) is 42.0 Å². The molecule has 1 aliphatic carbocycles. The van der Waals surface area contributed by atoms with Gasteiger partial charge in [0.05, 0.1) is 11.7 Å². The number of nitrogens with one attached hydrogen (secondary N) is 1. The van der Waals surface area contributed by atoms with Gasteiger partial charge in [-0.25, -0.2) is 0 Å². The van der Waals surface area contributed by atoms with Crippen LogP contribution in [0.4, 0.5) is 0 Å². The highest BCUT2D eigenvalue weighted by Gasteiger charge is 2.30. The number of carbonyl (C=O) groups is 1. The van der Waals surface area contributed by atoms with Gasteiger partial charge >= 0.3 is 0 Å². The minimum absolute atomic E-state index is 0.0179. The minimum atomic E-state index is 0.0179. The Labute approximate surface area is 83.5 Å². The van der Waals surface area contributed by atoms with Gasteiger partial charge in [0.1, 0.15) is 0 Å². The Morgan fingerprint density at radius 2 is 2.36 bits per heavy atom. The Morgan fingerprint density at radius 1 is 1.57 bits per heavy atom. The van der Waals surface area contributed by atoms with Crippen LogP contribution in [-0.4, -0.2) is 10.9 Å². The lowest BCUT2D eigenvalue weighted by atomic mass is 10.2. The molecular weight excluding hydrogens is 176 g/mol. The maximum Gasteiger partial charge on any atom is 0.223 e. The van der Waals surface area contributed by atoms with E-state index in [1.165, 1.54) is 0 Å². The van der Waals surface area contributed by atoms with E-state index in [0.29, 0.717) is 0 Å². The molecule has 1 heterocycles. The number of hydrogen-bond donors (Lipinski definition) is 1. The Morgan fingerprint density at radius 3 is 2.93 bits per heavy atom. The molecule has 0 radical (unpaired) electrons. The summed E-state index contributed by atoms with van der Waals surface area (Å²) < 4.78 is 0. The zero-order chi connectivity index (χ0) is 9.97. The second-order valence-electron chi connectivity index (χ2n) is 3.76. The summed E-state index contributed by atoms with van der Waals surface area (Å²) in [5.74, 6) is 0.435. The summed E-state index contributed by atoms with van der Waals surface area (Å²) in [7, 11) is 0. The van der Waals surface area contributed by atoms with E-state index < -0.39 is 0 Å². The van der Waals surface area contributed by atoms with Crippen molar-refractivity contribution in [1.29, 1.82) is 0 Å². The maximum absolute atomic E-state index is 11.5. The molecule has 1 aromatic rings. The van der Waals surface area contributed by atoms with Crippen molar-refractivity contribution in [2.75, 3.05) is 0 Å². The SMILES string of the molecule is C[C@H](NC(=O)C1CC1)c1ccccn1. The molecule has 0 unspecified atom stereocenters. The molecule has 0 aromatic carbocycles. The predicted molar refractivity (Wildman–Crippen MR) is 53.5 cm³/mol. The highest BCUT2D eigenvalue weighted by molar-refractivity contribution is 5.81.